The van der Waals surface area contributed by atoms with Crippen LogP contribution in [0.2, 0.25) is 0 Å². The Kier molecular flexibility index (Phi) is 5.84. The number of hydrogen-bond acceptors (Lipinski definition) is 6. The van der Waals surface area contributed by atoms with Gasteiger partial charge in [-0.15, -0.1) is 0 Å². The highest BCUT2D eigenvalue weighted by atomic mass is 32.2. The molecular weight excluding hydrogens is 406 g/mol. The molecular formula is C21H21N3O3S2. The normalized spacial score (nSPS) is 19.5. The minimum Gasteiger partial charge on any atom is -0.457 e. The number of rotatable bonds is 3. The van der Waals surface area contributed by atoms with Crippen molar-refractivity contribution in [1.29, 1.82) is 0 Å². The zero-order valence-electron chi connectivity index (χ0n) is 16.0. The van der Waals surface area contributed by atoms with Gasteiger partial charge in [-0.1, -0.05) is 36.1 Å². The molecule has 3 heterocycles. The second-order valence-electron chi connectivity index (χ2n) is 7.08. The summed E-state index contributed by atoms with van der Waals surface area (Å²) < 4.78 is 6.33. The number of carbonyl (C=O) groups is 2. The highest BCUT2D eigenvalue weighted by Gasteiger charge is 2.23. The molecule has 4 rings (SSSR count). The van der Waals surface area contributed by atoms with Crippen molar-refractivity contribution in [3.63, 3.8) is 0 Å². The molecule has 0 unspecified atom stereocenters. The highest BCUT2D eigenvalue weighted by Crippen LogP contribution is 2.29. The van der Waals surface area contributed by atoms with Crippen LogP contribution in [0.5, 0.6) is 0 Å². The van der Waals surface area contributed by atoms with Crippen molar-refractivity contribution >= 4 is 46.2 Å². The van der Waals surface area contributed by atoms with E-state index in [0.29, 0.717) is 26.3 Å². The summed E-state index contributed by atoms with van der Waals surface area (Å²) in [7, 11) is 2.08. The summed E-state index contributed by atoms with van der Waals surface area (Å²) in [4.78, 5) is 29.4. The van der Waals surface area contributed by atoms with Crippen LogP contribution < -0.4 is 5.32 Å². The molecule has 2 aliphatic heterocycles. The third kappa shape index (κ3) is 4.60. The molecule has 150 valence electrons. The van der Waals surface area contributed by atoms with Crippen LogP contribution >= 0.6 is 24.0 Å². The molecule has 8 heteroatoms. The summed E-state index contributed by atoms with van der Waals surface area (Å²) in [6, 6.07) is 11.1. The lowest BCUT2D eigenvalue weighted by Crippen LogP contribution is -2.34. The fourth-order valence-electron chi connectivity index (χ4n) is 3.37. The molecule has 6 nitrogen and oxygen atoms in total. The lowest BCUT2D eigenvalue weighted by atomic mass is 10.1. The quantitative estimate of drug-likeness (QED) is 0.599. The van der Waals surface area contributed by atoms with Gasteiger partial charge in [-0.25, -0.2) is 0 Å². The third-order valence-electron chi connectivity index (χ3n) is 4.94. The molecule has 1 aromatic heterocycles. The molecule has 0 spiro atoms. The average Bonchev–Trinajstić information content (AvgIpc) is 3.23. The number of hydrogen-bond donors (Lipinski definition) is 1. The highest BCUT2D eigenvalue weighted by molar-refractivity contribution is 8.26. The molecule has 0 atom stereocenters. The number of furan rings is 1. The molecule has 29 heavy (non-hydrogen) atoms. The predicted molar refractivity (Wildman–Crippen MR) is 118 cm³/mol. The molecule has 2 aromatic rings. The smallest absolute Gasteiger partial charge is 0.263 e. The van der Waals surface area contributed by atoms with Crippen molar-refractivity contribution < 1.29 is 14.0 Å². The number of amides is 2. The van der Waals surface area contributed by atoms with Crippen molar-refractivity contribution in [1.82, 2.24) is 15.1 Å². The number of likely N-dealkylation sites (N-methyl/N-ethyl adjacent to an activating group) is 1. The molecule has 0 bridgehead atoms. The van der Waals surface area contributed by atoms with E-state index >= 15 is 0 Å². The number of thiocarbonyl (C=S) groups is 1. The minimum absolute atomic E-state index is 0.0450. The van der Waals surface area contributed by atoms with E-state index in [0.717, 1.165) is 38.2 Å². The maximum Gasteiger partial charge on any atom is 0.263 e. The number of carbonyl (C=O) groups excluding carboxylic acids is 2. The lowest BCUT2D eigenvalue weighted by Gasteiger charge is -2.20. The topological polar surface area (TPSA) is 65.8 Å². The van der Waals surface area contributed by atoms with Crippen molar-refractivity contribution in [2.45, 2.75) is 6.42 Å². The molecule has 2 fully saturated rings. The Bertz CT molecular complexity index is 999. The Balaban J connectivity index is 1.53. The number of benzene rings is 1. The summed E-state index contributed by atoms with van der Waals surface area (Å²) in [6.45, 7) is 3.40. The molecule has 2 saturated heterocycles. The van der Waals surface area contributed by atoms with Gasteiger partial charge in [0.1, 0.15) is 15.8 Å². The first-order valence-corrected chi connectivity index (χ1v) is 10.6. The Morgan fingerprint density at radius 1 is 1.21 bits per heavy atom. The van der Waals surface area contributed by atoms with Gasteiger partial charge in [0.15, 0.2) is 0 Å². The lowest BCUT2D eigenvalue weighted by molar-refractivity contribution is -0.115. The van der Waals surface area contributed by atoms with Gasteiger partial charge < -0.3 is 19.5 Å². The van der Waals surface area contributed by atoms with E-state index in [1.165, 1.54) is 11.8 Å². The van der Waals surface area contributed by atoms with E-state index in [-0.39, 0.29) is 11.8 Å². The summed E-state index contributed by atoms with van der Waals surface area (Å²) in [5.41, 5.74) is 1.48. The molecule has 2 aliphatic rings. The first kappa shape index (κ1) is 19.9. The Morgan fingerprint density at radius 3 is 2.86 bits per heavy atom. The largest absolute Gasteiger partial charge is 0.457 e. The fourth-order valence-corrected chi connectivity index (χ4v) is 4.40. The number of nitrogens with zero attached hydrogens (tertiary/aromatic N) is 2. The van der Waals surface area contributed by atoms with E-state index < -0.39 is 0 Å². The summed E-state index contributed by atoms with van der Waals surface area (Å²) >= 11 is 6.22. The van der Waals surface area contributed by atoms with Crippen molar-refractivity contribution in [2.75, 3.05) is 33.2 Å². The van der Waals surface area contributed by atoms with Gasteiger partial charge in [-0.05, 0) is 44.3 Å². The zero-order chi connectivity index (χ0) is 20.4. The Hall–Kier alpha value is -2.42. The van der Waals surface area contributed by atoms with E-state index in [1.807, 2.05) is 35.2 Å². The molecule has 0 saturated carbocycles. The molecule has 2 amide bonds. The zero-order valence-corrected chi connectivity index (χ0v) is 17.6. The van der Waals surface area contributed by atoms with Gasteiger partial charge in [-0.3, -0.25) is 9.59 Å². The van der Waals surface area contributed by atoms with E-state index in [4.69, 9.17) is 16.6 Å². The second-order valence-corrected chi connectivity index (χ2v) is 8.80. The summed E-state index contributed by atoms with van der Waals surface area (Å²) in [5, 5.41) is 2.58. The van der Waals surface area contributed by atoms with Gasteiger partial charge in [0, 0.05) is 36.8 Å². The number of nitrogens with one attached hydrogen (secondary N) is 1. The van der Waals surface area contributed by atoms with Crippen LogP contribution in [0.25, 0.3) is 17.4 Å². The van der Waals surface area contributed by atoms with E-state index in [1.54, 1.807) is 12.1 Å². The van der Waals surface area contributed by atoms with Crippen LogP contribution in [0.3, 0.4) is 0 Å². The molecule has 1 aromatic carbocycles. The van der Waals surface area contributed by atoms with Crippen LogP contribution in [0, 0.1) is 0 Å². The van der Waals surface area contributed by atoms with Crippen LogP contribution in [0.4, 0.5) is 0 Å². The monoisotopic (exact) mass is 427 g/mol. The number of thioether (sulfide) groups is 1. The van der Waals surface area contributed by atoms with Gasteiger partial charge in [0.05, 0.1) is 4.91 Å². The Morgan fingerprint density at radius 2 is 2.07 bits per heavy atom. The predicted octanol–water partition coefficient (Wildman–Crippen LogP) is 3.21. The van der Waals surface area contributed by atoms with Gasteiger partial charge in [-0.2, -0.15) is 0 Å². The van der Waals surface area contributed by atoms with E-state index in [2.05, 4.69) is 17.3 Å². The average molecular weight is 428 g/mol. The minimum atomic E-state index is -0.214. The van der Waals surface area contributed by atoms with Gasteiger partial charge in [0.25, 0.3) is 11.8 Å². The van der Waals surface area contributed by atoms with Crippen molar-refractivity contribution in [3.8, 4) is 11.3 Å². The molecule has 1 N–H and O–H groups in total. The Labute approximate surface area is 178 Å². The van der Waals surface area contributed by atoms with E-state index in [9.17, 15) is 9.59 Å². The standard InChI is InChI=1S/C21H21N3O3S2/c1-23-8-3-9-24(11-10-23)20(26)15-5-2-4-14(12-15)17-7-6-16(27-17)13-18-19(25)22-21(28)29-18/h2,4-7,12-13H,3,8-11H2,1H3,(H,22,25,28). The van der Waals surface area contributed by atoms with Gasteiger partial charge >= 0.3 is 0 Å². The maximum atomic E-state index is 13.0. The van der Waals surface area contributed by atoms with Gasteiger partial charge in [0.2, 0.25) is 0 Å². The summed E-state index contributed by atoms with van der Waals surface area (Å²) in [6.07, 6.45) is 2.65. The van der Waals surface area contributed by atoms with Crippen LogP contribution in [0.1, 0.15) is 22.5 Å². The van der Waals surface area contributed by atoms with Crippen LogP contribution in [-0.4, -0.2) is 59.2 Å². The first-order chi connectivity index (χ1) is 14.0. The first-order valence-electron chi connectivity index (χ1n) is 9.42. The van der Waals surface area contributed by atoms with Crippen molar-refractivity contribution in [2.24, 2.45) is 0 Å². The van der Waals surface area contributed by atoms with Crippen LogP contribution in [-0.2, 0) is 4.79 Å². The van der Waals surface area contributed by atoms with Crippen LogP contribution in [0.15, 0.2) is 45.7 Å². The SMILES string of the molecule is CN1CCCN(C(=O)c2cccc(-c3ccc(C=C4SC(=S)NC4=O)o3)c2)CC1. The fraction of sp³-hybridized carbons (Fsp3) is 0.286. The maximum absolute atomic E-state index is 13.0. The molecule has 0 radical (unpaired) electrons. The van der Waals surface area contributed by atoms with Crippen molar-refractivity contribution in [3.05, 3.63) is 52.6 Å². The molecule has 0 aliphatic carbocycles. The third-order valence-corrected chi connectivity index (χ3v) is 6.11. The second kappa shape index (κ2) is 8.52. The summed E-state index contributed by atoms with van der Waals surface area (Å²) in [5.74, 6) is 1.04.